The molecule has 21 heavy (non-hydrogen) atoms. The van der Waals surface area contributed by atoms with E-state index in [0.29, 0.717) is 18.1 Å². The van der Waals surface area contributed by atoms with Crippen molar-refractivity contribution in [3.63, 3.8) is 0 Å². The molecule has 5 heteroatoms. The largest absolute Gasteiger partial charge is 0.487 e. The number of ether oxygens (including phenoxy) is 2. The standard InChI is InChI=1S/C16H21NO4/c1-16(2,3)15-10-12(17-21-15)11-20-14-7-5-4-6-13(14)19-9-8-18/h4-7,10,18H,8-9,11H2,1-3H3. The van der Waals surface area contributed by atoms with Gasteiger partial charge in [0.2, 0.25) is 0 Å². The first kappa shape index (κ1) is 15.4. The fourth-order valence-corrected chi connectivity index (χ4v) is 1.73. The lowest BCUT2D eigenvalue weighted by atomic mass is 9.93. The highest BCUT2D eigenvalue weighted by Crippen LogP contribution is 2.28. The molecule has 0 spiro atoms. The Morgan fingerprint density at radius 2 is 1.81 bits per heavy atom. The van der Waals surface area contributed by atoms with Crippen LogP contribution in [0.15, 0.2) is 34.9 Å². The number of nitrogens with zero attached hydrogens (tertiary/aromatic N) is 1. The Morgan fingerprint density at radius 3 is 2.38 bits per heavy atom. The summed E-state index contributed by atoms with van der Waals surface area (Å²) in [5, 5.41) is 12.8. The first-order valence-corrected chi connectivity index (χ1v) is 6.92. The van der Waals surface area contributed by atoms with Crippen molar-refractivity contribution < 1.29 is 19.1 Å². The van der Waals surface area contributed by atoms with Gasteiger partial charge in [0.15, 0.2) is 11.5 Å². The number of hydrogen-bond acceptors (Lipinski definition) is 5. The van der Waals surface area contributed by atoms with Crippen molar-refractivity contribution in [1.29, 1.82) is 0 Å². The van der Waals surface area contributed by atoms with Crippen molar-refractivity contribution in [2.24, 2.45) is 0 Å². The van der Waals surface area contributed by atoms with E-state index in [1.807, 2.05) is 24.3 Å². The molecule has 1 aromatic carbocycles. The van der Waals surface area contributed by atoms with E-state index in [9.17, 15) is 0 Å². The monoisotopic (exact) mass is 291 g/mol. The summed E-state index contributed by atoms with van der Waals surface area (Å²) in [5.41, 5.74) is 0.657. The molecule has 0 fully saturated rings. The molecule has 0 aliphatic heterocycles. The fraction of sp³-hybridized carbons (Fsp3) is 0.438. The summed E-state index contributed by atoms with van der Waals surface area (Å²) in [6.07, 6.45) is 0. The molecule has 0 atom stereocenters. The van der Waals surface area contributed by atoms with E-state index >= 15 is 0 Å². The second-order valence-corrected chi connectivity index (χ2v) is 5.74. The lowest BCUT2D eigenvalue weighted by molar-refractivity contribution is 0.191. The van der Waals surface area contributed by atoms with Gasteiger partial charge >= 0.3 is 0 Å². The van der Waals surface area contributed by atoms with Crippen LogP contribution in [0.3, 0.4) is 0 Å². The van der Waals surface area contributed by atoms with Gasteiger partial charge in [-0.25, -0.2) is 0 Å². The Bertz CT molecular complexity index is 572. The summed E-state index contributed by atoms with van der Waals surface area (Å²) < 4.78 is 16.5. The molecule has 5 nitrogen and oxygen atoms in total. The molecule has 0 saturated heterocycles. The van der Waals surface area contributed by atoms with Crippen molar-refractivity contribution >= 4 is 0 Å². The highest BCUT2D eigenvalue weighted by atomic mass is 16.5. The molecule has 2 rings (SSSR count). The highest BCUT2D eigenvalue weighted by molar-refractivity contribution is 5.39. The van der Waals surface area contributed by atoms with E-state index in [2.05, 4.69) is 25.9 Å². The molecule has 0 saturated carbocycles. The van der Waals surface area contributed by atoms with Crippen LogP contribution in [0.5, 0.6) is 11.5 Å². The first-order chi connectivity index (χ1) is 10.0. The summed E-state index contributed by atoms with van der Waals surface area (Å²) in [6, 6.07) is 9.24. The quantitative estimate of drug-likeness (QED) is 0.886. The molecule has 0 aliphatic rings. The molecule has 0 amide bonds. The Labute approximate surface area is 124 Å². The molecule has 0 bridgehead atoms. The third kappa shape index (κ3) is 4.23. The predicted octanol–water partition coefficient (Wildman–Crippen LogP) is 2.92. The van der Waals surface area contributed by atoms with E-state index in [0.717, 1.165) is 11.5 Å². The molecule has 1 N–H and O–H groups in total. The van der Waals surface area contributed by atoms with E-state index in [1.165, 1.54) is 0 Å². The zero-order valence-corrected chi connectivity index (χ0v) is 12.6. The molecular weight excluding hydrogens is 270 g/mol. The van der Waals surface area contributed by atoms with Crippen LogP contribution in [0, 0.1) is 0 Å². The lowest BCUT2D eigenvalue weighted by Gasteiger charge is -2.12. The minimum Gasteiger partial charge on any atom is -0.487 e. The van der Waals surface area contributed by atoms with Crippen molar-refractivity contribution in [2.75, 3.05) is 13.2 Å². The zero-order valence-electron chi connectivity index (χ0n) is 12.6. The van der Waals surface area contributed by atoms with Crippen LogP contribution < -0.4 is 9.47 Å². The number of hydrogen-bond donors (Lipinski definition) is 1. The van der Waals surface area contributed by atoms with E-state index < -0.39 is 0 Å². The average Bonchev–Trinajstić information content (AvgIpc) is 2.92. The van der Waals surface area contributed by atoms with Gasteiger partial charge in [0.25, 0.3) is 0 Å². The van der Waals surface area contributed by atoms with Gasteiger partial charge in [-0.1, -0.05) is 38.1 Å². The van der Waals surface area contributed by atoms with E-state index in [-0.39, 0.29) is 18.6 Å². The minimum absolute atomic E-state index is 0.0352. The van der Waals surface area contributed by atoms with Crippen molar-refractivity contribution in [1.82, 2.24) is 5.16 Å². The van der Waals surface area contributed by atoms with Gasteiger partial charge in [-0.15, -0.1) is 0 Å². The number of benzene rings is 1. The van der Waals surface area contributed by atoms with Crippen LogP contribution in [-0.2, 0) is 12.0 Å². The Kier molecular flexibility index (Phi) is 4.85. The summed E-state index contributed by atoms with van der Waals surface area (Å²) in [6.45, 7) is 6.70. The fourth-order valence-electron chi connectivity index (χ4n) is 1.73. The molecular formula is C16H21NO4. The predicted molar refractivity (Wildman–Crippen MR) is 78.6 cm³/mol. The van der Waals surface area contributed by atoms with Crippen LogP contribution in [0.2, 0.25) is 0 Å². The van der Waals surface area contributed by atoms with Crippen LogP contribution >= 0.6 is 0 Å². The van der Waals surface area contributed by atoms with Gasteiger partial charge in [0, 0.05) is 11.5 Å². The second-order valence-electron chi connectivity index (χ2n) is 5.74. The topological polar surface area (TPSA) is 64.7 Å². The molecule has 0 aliphatic carbocycles. The Morgan fingerprint density at radius 1 is 1.14 bits per heavy atom. The van der Waals surface area contributed by atoms with Gasteiger partial charge in [-0.3, -0.25) is 0 Å². The third-order valence-corrected chi connectivity index (χ3v) is 2.87. The van der Waals surface area contributed by atoms with Crippen molar-refractivity contribution in [3.8, 4) is 11.5 Å². The van der Waals surface area contributed by atoms with E-state index in [4.69, 9.17) is 19.1 Å². The first-order valence-electron chi connectivity index (χ1n) is 6.92. The molecule has 0 unspecified atom stereocenters. The second kappa shape index (κ2) is 6.63. The van der Waals surface area contributed by atoms with Crippen molar-refractivity contribution in [2.45, 2.75) is 32.8 Å². The van der Waals surface area contributed by atoms with Gasteiger partial charge in [-0.2, -0.15) is 0 Å². The molecule has 1 aromatic heterocycles. The minimum atomic E-state index is -0.0760. The lowest BCUT2D eigenvalue weighted by Crippen LogP contribution is -2.09. The maximum absolute atomic E-state index is 8.82. The number of aromatic nitrogens is 1. The molecule has 1 heterocycles. The number of aliphatic hydroxyl groups excluding tert-OH is 1. The summed E-state index contributed by atoms with van der Waals surface area (Å²) in [7, 11) is 0. The summed E-state index contributed by atoms with van der Waals surface area (Å²) >= 11 is 0. The SMILES string of the molecule is CC(C)(C)c1cc(COc2ccccc2OCCO)no1. The average molecular weight is 291 g/mol. The van der Waals surface area contributed by atoms with E-state index in [1.54, 1.807) is 6.07 Å². The maximum Gasteiger partial charge on any atom is 0.161 e. The van der Waals surface area contributed by atoms with Crippen molar-refractivity contribution in [3.05, 3.63) is 41.8 Å². The summed E-state index contributed by atoms with van der Waals surface area (Å²) in [5.74, 6) is 2.04. The van der Waals surface area contributed by atoms with Gasteiger partial charge in [0.1, 0.15) is 24.7 Å². The van der Waals surface area contributed by atoms with Crippen LogP contribution in [-0.4, -0.2) is 23.5 Å². The smallest absolute Gasteiger partial charge is 0.161 e. The Hall–Kier alpha value is -2.01. The van der Waals surface area contributed by atoms with Crippen LogP contribution in [0.1, 0.15) is 32.2 Å². The van der Waals surface area contributed by atoms with Crippen LogP contribution in [0.4, 0.5) is 0 Å². The van der Waals surface area contributed by atoms with Gasteiger partial charge < -0.3 is 19.1 Å². The zero-order chi connectivity index (χ0) is 15.3. The van der Waals surface area contributed by atoms with Gasteiger partial charge in [0.05, 0.1) is 6.61 Å². The maximum atomic E-state index is 8.82. The third-order valence-electron chi connectivity index (χ3n) is 2.87. The number of aliphatic hydroxyl groups is 1. The highest BCUT2D eigenvalue weighted by Gasteiger charge is 2.19. The molecule has 114 valence electrons. The van der Waals surface area contributed by atoms with Crippen LogP contribution in [0.25, 0.3) is 0 Å². The summed E-state index contributed by atoms with van der Waals surface area (Å²) in [4.78, 5) is 0. The normalized spacial score (nSPS) is 11.4. The molecule has 0 radical (unpaired) electrons. The number of para-hydroxylation sites is 2. The number of rotatable bonds is 6. The Balaban J connectivity index is 2.01. The molecule has 2 aromatic rings. The van der Waals surface area contributed by atoms with Gasteiger partial charge in [-0.05, 0) is 12.1 Å².